The normalized spacial score (nSPS) is 11.9. The van der Waals surface area contributed by atoms with Gasteiger partial charge in [0.05, 0.1) is 11.8 Å². The quantitative estimate of drug-likeness (QED) is 0.695. The zero-order valence-corrected chi connectivity index (χ0v) is 14.5. The van der Waals surface area contributed by atoms with Crippen molar-refractivity contribution < 1.29 is 9.21 Å². The van der Waals surface area contributed by atoms with Gasteiger partial charge in [0.1, 0.15) is 0 Å². The molecule has 0 bridgehead atoms. The first kappa shape index (κ1) is 17.0. The monoisotopic (exact) mass is 334 g/mol. The Labute approximate surface area is 147 Å². The summed E-state index contributed by atoms with van der Waals surface area (Å²) >= 11 is 0. The van der Waals surface area contributed by atoms with Crippen LogP contribution in [0.4, 0.5) is 0 Å². The molecule has 0 aliphatic rings. The van der Waals surface area contributed by atoms with E-state index in [1.807, 2.05) is 55.5 Å². The number of nitrogens with zero attached hydrogens (tertiary/aromatic N) is 1. The molecule has 1 unspecified atom stereocenters. The van der Waals surface area contributed by atoms with Crippen molar-refractivity contribution in [3.63, 3.8) is 0 Å². The van der Waals surface area contributed by atoms with Crippen molar-refractivity contribution in [3.8, 4) is 22.8 Å². The van der Waals surface area contributed by atoms with E-state index >= 15 is 0 Å². The van der Waals surface area contributed by atoms with Crippen molar-refractivity contribution in [2.24, 2.45) is 0 Å². The number of aromatic nitrogens is 1. The third-order valence-electron chi connectivity index (χ3n) is 4.07. The Morgan fingerprint density at radius 2 is 1.84 bits per heavy atom. The Morgan fingerprint density at radius 3 is 2.60 bits per heavy atom. The van der Waals surface area contributed by atoms with E-state index in [9.17, 15) is 4.79 Å². The predicted octanol–water partition coefficient (Wildman–Crippen LogP) is 4.93. The Balaban J connectivity index is 1.89. The van der Waals surface area contributed by atoms with Crippen LogP contribution in [0.15, 0.2) is 65.2 Å². The van der Waals surface area contributed by atoms with E-state index in [1.165, 1.54) is 0 Å². The molecule has 25 heavy (non-hydrogen) atoms. The summed E-state index contributed by atoms with van der Waals surface area (Å²) in [6.07, 6.45) is 3.67. The molecular formula is C21H22N2O2. The molecule has 2 aromatic carbocycles. The number of carbonyl (C=O) groups excluding carboxylic acids is 1. The maximum atomic E-state index is 12.6. The maximum Gasteiger partial charge on any atom is 0.252 e. The molecule has 0 aliphatic carbocycles. The van der Waals surface area contributed by atoms with E-state index in [4.69, 9.17) is 4.42 Å². The fourth-order valence-electron chi connectivity index (χ4n) is 2.81. The molecule has 128 valence electrons. The van der Waals surface area contributed by atoms with Crippen molar-refractivity contribution in [1.29, 1.82) is 0 Å². The van der Waals surface area contributed by atoms with Crippen LogP contribution in [0.5, 0.6) is 0 Å². The van der Waals surface area contributed by atoms with E-state index in [2.05, 4.69) is 17.2 Å². The van der Waals surface area contributed by atoms with Crippen molar-refractivity contribution in [2.75, 3.05) is 0 Å². The molecule has 4 heteroatoms. The van der Waals surface area contributed by atoms with Gasteiger partial charge in [-0.1, -0.05) is 55.8 Å². The average Bonchev–Trinajstić information content (AvgIpc) is 3.12. The smallest absolute Gasteiger partial charge is 0.252 e. The van der Waals surface area contributed by atoms with Crippen LogP contribution in [0.2, 0.25) is 0 Å². The Hall–Kier alpha value is -2.88. The van der Waals surface area contributed by atoms with Gasteiger partial charge in [0.2, 0.25) is 5.89 Å². The SMILES string of the molecule is CCCC(C)NC(=O)c1ccccc1-c1ncc(-c2ccccc2)o1. The second-order valence-corrected chi connectivity index (χ2v) is 6.10. The molecule has 1 aromatic heterocycles. The Morgan fingerprint density at radius 1 is 1.12 bits per heavy atom. The number of oxazole rings is 1. The molecule has 1 amide bonds. The van der Waals surface area contributed by atoms with Gasteiger partial charge in [0, 0.05) is 17.2 Å². The van der Waals surface area contributed by atoms with Gasteiger partial charge in [-0.05, 0) is 25.5 Å². The summed E-state index contributed by atoms with van der Waals surface area (Å²) in [7, 11) is 0. The first-order valence-electron chi connectivity index (χ1n) is 8.60. The van der Waals surface area contributed by atoms with Gasteiger partial charge in [-0.3, -0.25) is 4.79 Å². The van der Waals surface area contributed by atoms with Crippen LogP contribution < -0.4 is 5.32 Å². The van der Waals surface area contributed by atoms with Gasteiger partial charge in [-0.15, -0.1) is 0 Å². The lowest BCUT2D eigenvalue weighted by Gasteiger charge is -2.14. The molecule has 3 rings (SSSR count). The van der Waals surface area contributed by atoms with Crippen LogP contribution in [-0.4, -0.2) is 16.9 Å². The minimum atomic E-state index is -0.101. The van der Waals surface area contributed by atoms with E-state index in [0.717, 1.165) is 18.4 Å². The Kier molecular flexibility index (Phi) is 5.29. The minimum Gasteiger partial charge on any atom is -0.436 e. The molecule has 0 saturated heterocycles. The van der Waals surface area contributed by atoms with E-state index < -0.39 is 0 Å². The number of nitrogens with one attached hydrogen (secondary N) is 1. The minimum absolute atomic E-state index is 0.101. The molecule has 1 atom stereocenters. The molecular weight excluding hydrogens is 312 g/mol. The predicted molar refractivity (Wildman–Crippen MR) is 99.2 cm³/mol. The lowest BCUT2D eigenvalue weighted by molar-refractivity contribution is 0.0938. The highest BCUT2D eigenvalue weighted by Gasteiger charge is 2.18. The van der Waals surface area contributed by atoms with Gasteiger partial charge in [-0.2, -0.15) is 0 Å². The fraction of sp³-hybridized carbons (Fsp3) is 0.238. The van der Waals surface area contributed by atoms with Gasteiger partial charge in [0.15, 0.2) is 5.76 Å². The van der Waals surface area contributed by atoms with Crippen molar-refractivity contribution in [3.05, 3.63) is 66.4 Å². The molecule has 0 radical (unpaired) electrons. The first-order valence-corrected chi connectivity index (χ1v) is 8.60. The number of rotatable bonds is 6. The molecule has 0 aliphatic heterocycles. The summed E-state index contributed by atoms with van der Waals surface area (Å²) in [6.45, 7) is 4.12. The van der Waals surface area contributed by atoms with Crippen LogP contribution in [0.1, 0.15) is 37.0 Å². The third kappa shape index (κ3) is 3.97. The van der Waals surface area contributed by atoms with Crippen molar-refractivity contribution in [1.82, 2.24) is 10.3 Å². The van der Waals surface area contributed by atoms with Gasteiger partial charge in [0.25, 0.3) is 5.91 Å². The highest BCUT2D eigenvalue weighted by molar-refractivity contribution is 6.00. The third-order valence-corrected chi connectivity index (χ3v) is 4.07. The lowest BCUT2D eigenvalue weighted by Crippen LogP contribution is -2.32. The fourth-order valence-corrected chi connectivity index (χ4v) is 2.81. The van der Waals surface area contributed by atoms with Crippen LogP contribution in [0.25, 0.3) is 22.8 Å². The molecule has 0 spiro atoms. The topological polar surface area (TPSA) is 55.1 Å². The standard InChI is InChI=1S/C21H22N2O2/c1-3-9-15(2)23-20(24)17-12-7-8-13-18(17)21-22-14-19(25-21)16-10-5-4-6-11-16/h4-8,10-15H,3,9H2,1-2H3,(H,23,24). The maximum absolute atomic E-state index is 12.6. The zero-order chi connectivity index (χ0) is 17.6. The number of carbonyl (C=O) groups is 1. The Bertz CT molecular complexity index is 840. The summed E-state index contributed by atoms with van der Waals surface area (Å²) in [5.74, 6) is 1.04. The second-order valence-electron chi connectivity index (χ2n) is 6.10. The number of amides is 1. The van der Waals surface area contributed by atoms with Gasteiger partial charge in [-0.25, -0.2) is 4.98 Å². The lowest BCUT2D eigenvalue weighted by atomic mass is 10.1. The van der Waals surface area contributed by atoms with E-state index in [0.29, 0.717) is 22.8 Å². The zero-order valence-electron chi connectivity index (χ0n) is 14.5. The molecule has 0 saturated carbocycles. The number of hydrogen-bond acceptors (Lipinski definition) is 3. The van der Waals surface area contributed by atoms with E-state index in [1.54, 1.807) is 12.3 Å². The van der Waals surface area contributed by atoms with Crippen molar-refractivity contribution >= 4 is 5.91 Å². The average molecular weight is 334 g/mol. The summed E-state index contributed by atoms with van der Waals surface area (Å²) in [6, 6.07) is 17.3. The molecule has 3 aromatic rings. The highest BCUT2D eigenvalue weighted by atomic mass is 16.4. The highest BCUT2D eigenvalue weighted by Crippen LogP contribution is 2.28. The molecule has 1 N–H and O–H groups in total. The van der Waals surface area contributed by atoms with Gasteiger partial charge >= 0.3 is 0 Å². The van der Waals surface area contributed by atoms with Crippen LogP contribution in [-0.2, 0) is 0 Å². The van der Waals surface area contributed by atoms with Crippen LogP contribution >= 0.6 is 0 Å². The summed E-state index contributed by atoms with van der Waals surface area (Å²) < 4.78 is 5.91. The van der Waals surface area contributed by atoms with Crippen LogP contribution in [0, 0.1) is 0 Å². The van der Waals surface area contributed by atoms with Gasteiger partial charge < -0.3 is 9.73 Å². The largest absolute Gasteiger partial charge is 0.436 e. The number of hydrogen-bond donors (Lipinski definition) is 1. The summed E-state index contributed by atoms with van der Waals surface area (Å²) in [4.78, 5) is 17.0. The molecule has 4 nitrogen and oxygen atoms in total. The van der Waals surface area contributed by atoms with E-state index in [-0.39, 0.29) is 11.9 Å². The molecule has 1 heterocycles. The first-order chi connectivity index (χ1) is 12.2. The second kappa shape index (κ2) is 7.79. The summed E-state index contributed by atoms with van der Waals surface area (Å²) in [5.41, 5.74) is 2.23. The molecule has 0 fully saturated rings. The van der Waals surface area contributed by atoms with Crippen molar-refractivity contribution in [2.45, 2.75) is 32.7 Å². The summed E-state index contributed by atoms with van der Waals surface area (Å²) in [5, 5.41) is 3.04. The number of benzene rings is 2. The van der Waals surface area contributed by atoms with Crippen LogP contribution in [0.3, 0.4) is 0 Å².